The Morgan fingerprint density at radius 3 is 2.27 bits per heavy atom. The van der Waals surface area contributed by atoms with Crippen LogP contribution in [-0.4, -0.2) is 67.5 Å². The van der Waals surface area contributed by atoms with Crippen LogP contribution in [0.1, 0.15) is 19.8 Å². The van der Waals surface area contributed by atoms with Crippen molar-refractivity contribution in [3.8, 4) is 0 Å². The number of rotatable bonds is 2. The van der Waals surface area contributed by atoms with E-state index in [1.165, 1.54) is 0 Å². The van der Waals surface area contributed by atoms with Crippen molar-refractivity contribution in [2.75, 3.05) is 40.8 Å². The van der Waals surface area contributed by atoms with Crippen molar-refractivity contribution in [1.82, 2.24) is 14.7 Å². The van der Waals surface area contributed by atoms with Gasteiger partial charge in [0.25, 0.3) is 0 Å². The van der Waals surface area contributed by atoms with Crippen LogP contribution in [-0.2, 0) is 0 Å². The molecular formula is C11H23N3O. The number of urea groups is 1. The third-order valence-corrected chi connectivity index (χ3v) is 3.10. The number of carbonyl (C=O) groups is 1. The molecule has 0 radical (unpaired) electrons. The summed E-state index contributed by atoms with van der Waals surface area (Å²) in [6, 6.07) is 0.577. The summed E-state index contributed by atoms with van der Waals surface area (Å²) in [4.78, 5) is 17.9. The summed E-state index contributed by atoms with van der Waals surface area (Å²) in [5.74, 6) is 0. The van der Waals surface area contributed by atoms with E-state index >= 15 is 0 Å². The predicted molar refractivity (Wildman–Crippen MR) is 62.0 cm³/mol. The molecule has 2 amide bonds. The molecule has 0 aliphatic carbocycles. The lowest BCUT2D eigenvalue weighted by Gasteiger charge is -2.37. The van der Waals surface area contributed by atoms with Gasteiger partial charge in [0.2, 0.25) is 0 Å². The molecule has 4 nitrogen and oxygen atoms in total. The highest BCUT2D eigenvalue weighted by molar-refractivity contribution is 5.74. The van der Waals surface area contributed by atoms with Gasteiger partial charge < -0.3 is 14.7 Å². The van der Waals surface area contributed by atoms with Gasteiger partial charge in [0, 0.05) is 26.7 Å². The molecule has 0 spiro atoms. The number of likely N-dealkylation sites (tertiary alicyclic amines) is 1. The molecular weight excluding hydrogens is 190 g/mol. The molecule has 1 rings (SSSR count). The topological polar surface area (TPSA) is 26.8 Å². The molecule has 88 valence electrons. The average molecular weight is 213 g/mol. The van der Waals surface area contributed by atoms with E-state index in [9.17, 15) is 4.79 Å². The van der Waals surface area contributed by atoms with Gasteiger partial charge in [-0.15, -0.1) is 0 Å². The fourth-order valence-corrected chi connectivity index (χ4v) is 2.11. The molecule has 0 unspecified atom stereocenters. The molecule has 0 aromatic heterocycles. The maximum Gasteiger partial charge on any atom is 0.319 e. The molecule has 1 fully saturated rings. The van der Waals surface area contributed by atoms with Gasteiger partial charge in [-0.25, -0.2) is 4.79 Å². The van der Waals surface area contributed by atoms with Crippen LogP contribution < -0.4 is 0 Å². The van der Waals surface area contributed by atoms with Gasteiger partial charge in [-0.05, 0) is 39.9 Å². The van der Waals surface area contributed by atoms with Crippen molar-refractivity contribution in [2.45, 2.75) is 25.8 Å². The smallest absolute Gasteiger partial charge is 0.319 e. The molecule has 0 N–H and O–H groups in total. The summed E-state index contributed by atoms with van der Waals surface area (Å²) in [6.45, 7) is 5.06. The van der Waals surface area contributed by atoms with E-state index in [0.29, 0.717) is 6.04 Å². The quantitative estimate of drug-likeness (QED) is 0.686. The molecule has 1 aliphatic rings. The highest BCUT2D eigenvalue weighted by Gasteiger charge is 2.26. The van der Waals surface area contributed by atoms with Crippen molar-refractivity contribution in [3.05, 3.63) is 0 Å². The number of nitrogens with zero attached hydrogens (tertiary/aromatic N) is 3. The summed E-state index contributed by atoms with van der Waals surface area (Å²) in [6.07, 6.45) is 2.20. The predicted octanol–water partition coefficient (Wildman–Crippen LogP) is 1.08. The van der Waals surface area contributed by atoms with Crippen LogP contribution in [0.4, 0.5) is 4.79 Å². The number of hydrogen-bond donors (Lipinski definition) is 0. The van der Waals surface area contributed by atoms with Crippen molar-refractivity contribution in [1.29, 1.82) is 0 Å². The Bertz CT molecular complexity index is 210. The first-order valence-electron chi connectivity index (χ1n) is 5.72. The van der Waals surface area contributed by atoms with Crippen LogP contribution in [0.2, 0.25) is 0 Å². The maximum absolute atomic E-state index is 11.9. The highest BCUT2D eigenvalue weighted by atomic mass is 16.2. The molecule has 0 saturated carbocycles. The van der Waals surface area contributed by atoms with Crippen molar-refractivity contribution >= 4 is 6.03 Å². The Morgan fingerprint density at radius 2 is 1.87 bits per heavy atom. The lowest BCUT2D eigenvalue weighted by Crippen LogP contribution is -2.49. The Morgan fingerprint density at radius 1 is 1.33 bits per heavy atom. The Kier molecular flexibility index (Phi) is 4.39. The van der Waals surface area contributed by atoms with Crippen LogP contribution in [0.25, 0.3) is 0 Å². The van der Waals surface area contributed by atoms with Gasteiger partial charge in [-0.3, -0.25) is 0 Å². The second-order valence-corrected chi connectivity index (χ2v) is 4.50. The molecule has 0 aromatic carbocycles. The minimum Gasteiger partial charge on any atom is -0.331 e. The first-order chi connectivity index (χ1) is 7.06. The molecule has 1 heterocycles. The van der Waals surface area contributed by atoms with E-state index in [1.807, 2.05) is 19.0 Å². The normalized spacial score (nSPS) is 18.9. The van der Waals surface area contributed by atoms with Crippen LogP contribution in [0.5, 0.6) is 0 Å². The summed E-state index contributed by atoms with van der Waals surface area (Å²) >= 11 is 0. The number of carbonyl (C=O) groups excluding carboxylic acids is 1. The molecule has 4 heteroatoms. The molecule has 15 heavy (non-hydrogen) atoms. The first kappa shape index (κ1) is 12.3. The monoisotopic (exact) mass is 213 g/mol. The summed E-state index contributed by atoms with van der Waals surface area (Å²) < 4.78 is 0. The van der Waals surface area contributed by atoms with Crippen LogP contribution in [0.3, 0.4) is 0 Å². The van der Waals surface area contributed by atoms with Crippen LogP contribution in [0, 0.1) is 0 Å². The minimum atomic E-state index is 0.145. The van der Waals surface area contributed by atoms with Crippen molar-refractivity contribution in [3.63, 3.8) is 0 Å². The average Bonchev–Trinajstić information content (AvgIpc) is 2.21. The van der Waals surface area contributed by atoms with Gasteiger partial charge in [0.05, 0.1) is 0 Å². The van der Waals surface area contributed by atoms with Gasteiger partial charge in [0.15, 0.2) is 0 Å². The van der Waals surface area contributed by atoms with E-state index < -0.39 is 0 Å². The second-order valence-electron chi connectivity index (χ2n) is 4.50. The Labute approximate surface area is 92.8 Å². The summed E-state index contributed by atoms with van der Waals surface area (Å²) in [5, 5.41) is 0. The van der Waals surface area contributed by atoms with Gasteiger partial charge in [0.1, 0.15) is 0 Å². The number of amides is 2. The molecule has 1 saturated heterocycles. The first-order valence-corrected chi connectivity index (χ1v) is 5.72. The van der Waals surface area contributed by atoms with Gasteiger partial charge in [-0.1, -0.05) is 0 Å². The highest BCUT2D eigenvalue weighted by Crippen LogP contribution is 2.16. The lowest BCUT2D eigenvalue weighted by molar-refractivity contribution is 0.118. The number of hydrogen-bond acceptors (Lipinski definition) is 2. The minimum absolute atomic E-state index is 0.145. The van der Waals surface area contributed by atoms with E-state index in [4.69, 9.17) is 0 Å². The zero-order valence-corrected chi connectivity index (χ0v) is 10.4. The van der Waals surface area contributed by atoms with Gasteiger partial charge >= 0.3 is 6.03 Å². The summed E-state index contributed by atoms with van der Waals surface area (Å²) in [5.41, 5.74) is 0. The SMILES string of the molecule is CCN(C(=O)N(C)C)C1CCN(C)CC1. The van der Waals surface area contributed by atoms with Crippen LogP contribution >= 0.6 is 0 Å². The molecule has 1 aliphatic heterocycles. The lowest BCUT2D eigenvalue weighted by atomic mass is 10.0. The standard InChI is InChI=1S/C11H23N3O/c1-5-14(11(15)12(2)3)10-6-8-13(4)9-7-10/h10H,5-9H2,1-4H3. The third-order valence-electron chi connectivity index (χ3n) is 3.10. The zero-order chi connectivity index (χ0) is 11.4. The van der Waals surface area contributed by atoms with E-state index in [-0.39, 0.29) is 6.03 Å². The fraction of sp³-hybridized carbons (Fsp3) is 0.909. The van der Waals surface area contributed by atoms with E-state index in [0.717, 1.165) is 32.5 Å². The van der Waals surface area contributed by atoms with E-state index in [1.54, 1.807) is 4.90 Å². The van der Waals surface area contributed by atoms with E-state index in [2.05, 4.69) is 18.9 Å². The Balaban J connectivity index is 2.55. The summed E-state index contributed by atoms with van der Waals surface area (Å²) in [7, 11) is 5.78. The van der Waals surface area contributed by atoms with Gasteiger partial charge in [-0.2, -0.15) is 0 Å². The Hall–Kier alpha value is -0.770. The van der Waals surface area contributed by atoms with Crippen LogP contribution in [0.15, 0.2) is 0 Å². The maximum atomic E-state index is 11.9. The number of piperidine rings is 1. The largest absolute Gasteiger partial charge is 0.331 e. The fourth-order valence-electron chi connectivity index (χ4n) is 2.11. The second kappa shape index (κ2) is 5.35. The molecule has 0 bridgehead atoms. The van der Waals surface area contributed by atoms with Crippen molar-refractivity contribution < 1.29 is 4.79 Å². The third kappa shape index (κ3) is 3.09. The molecule has 0 aromatic rings. The molecule has 0 atom stereocenters. The van der Waals surface area contributed by atoms with Crippen molar-refractivity contribution in [2.24, 2.45) is 0 Å². The zero-order valence-electron chi connectivity index (χ0n) is 10.4.